The average Bonchev–Trinajstić information content (AvgIpc) is 3.17. The summed E-state index contributed by atoms with van der Waals surface area (Å²) in [5.41, 5.74) is 0. The summed E-state index contributed by atoms with van der Waals surface area (Å²) in [6, 6.07) is 5.43. The van der Waals surface area contributed by atoms with E-state index >= 15 is 0 Å². The zero-order valence-corrected chi connectivity index (χ0v) is 13.3. The van der Waals surface area contributed by atoms with E-state index in [0.29, 0.717) is 11.9 Å². The molecule has 2 aromatic rings. The number of carbonyl (C=O) groups is 1. The van der Waals surface area contributed by atoms with Crippen LogP contribution in [0.1, 0.15) is 31.7 Å². The van der Waals surface area contributed by atoms with Crippen molar-refractivity contribution in [1.82, 2.24) is 9.78 Å². The number of nitrogens with one attached hydrogen (secondary N) is 1. The summed E-state index contributed by atoms with van der Waals surface area (Å²) in [6.45, 7) is 0. The predicted octanol–water partition coefficient (Wildman–Crippen LogP) is 4.01. The Kier molecular flexibility index (Phi) is 4.95. The number of halogens is 2. The Morgan fingerprint density at radius 1 is 1.30 bits per heavy atom. The summed E-state index contributed by atoms with van der Waals surface area (Å²) in [5, 5.41) is 7.10. The molecule has 1 aliphatic carbocycles. The minimum atomic E-state index is -0.654. The van der Waals surface area contributed by atoms with Gasteiger partial charge in [-0.2, -0.15) is 5.10 Å². The molecule has 1 N–H and O–H groups in total. The highest BCUT2D eigenvalue weighted by Crippen LogP contribution is 2.31. The Morgan fingerprint density at radius 3 is 2.83 bits per heavy atom. The van der Waals surface area contributed by atoms with E-state index in [-0.39, 0.29) is 16.6 Å². The largest absolute Gasteiger partial charge is 0.310 e. The smallest absolute Gasteiger partial charge is 0.235 e. The second-order valence-electron chi connectivity index (χ2n) is 5.51. The fourth-order valence-corrected chi connectivity index (χ4v) is 3.49. The van der Waals surface area contributed by atoms with Gasteiger partial charge in [-0.3, -0.25) is 4.79 Å². The Labute approximate surface area is 137 Å². The van der Waals surface area contributed by atoms with Gasteiger partial charge in [0.1, 0.15) is 17.5 Å². The minimum absolute atomic E-state index is 0.0540. The number of hydrogen-bond donors (Lipinski definition) is 1. The molecule has 1 saturated carbocycles. The van der Waals surface area contributed by atoms with E-state index < -0.39 is 11.6 Å². The molecule has 7 heteroatoms. The van der Waals surface area contributed by atoms with Gasteiger partial charge in [0.2, 0.25) is 5.91 Å². The van der Waals surface area contributed by atoms with E-state index in [4.69, 9.17) is 0 Å². The molecule has 0 bridgehead atoms. The summed E-state index contributed by atoms with van der Waals surface area (Å²) >= 11 is 1.04. The molecule has 3 rings (SSSR count). The third kappa shape index (κ3) is 3.90. The number of hydrogen-bond acceptors (Lipinski definition) is 3. The van der Waals surface area contributed by atoms with Crippen LogP contribution in [0.4, 0.5) is 14.6 Å². The number of carbonyl (C=O) groups excluding carboxylic acids is 1. The third-order valence-electron chi connectivity index (χ3n) is 3.86. The minimum Gasteiger partial charge on any atom is -0.310 e. The van der Waals surface area contributed by atoms with Gasteiger partial charge in [-0.1, -0.05) is 12.8 Å². The normalized spacial score (nSPS) is 15.0. The van der Waals surface area contributed by atoms with Crippen molar-refractivity contribution >= 4 is 23.5 Å². The van der Waals surface area contributed by atoms with Gasteiger partial charge in [0.15, 0.2) is 0 Å². The van der Waals surface area contributed by atoms with E-state index in [0.717, 1.165) is 30.7 Å². The van der Waals surface area contributed by atoms with Crippen molar-refractivity contribution in [3.63, 3.8) is 0 Å². The molecule has 1 aliphatic rings. The fraction of sp³-hybridized carbons (Fsp3) is 0.375. The van der Waals surface area contributed by atoms with Crippen LogP contribution >= 0.6 is 11.8 Å². The number of anilines is 1. The Morgan fingerprint density at radius 2 is 2.09 bits per heavy atom. The van der Waals surface area contributed by atoms with Crippen LogP contribution in [0, 0.1) is 11.6 Å². The molecule has 1 amide bonds. The zero-order valence-electron chi connectivity index (χ0n) is 12.5. The topological polar surface area (TPSA) is 46.9 Å². The molecule has 1 aromatic carbocycles. The maximum Gasteiger partial charge on any atom is 0.235 e. The number of thioether (sulfide) groups is 1. The number of amides is 1. The second kappa shape index (κ2) is 7.12. The van der Waals surface area contributed by atoms with Crippen molar-refractivity contribution in [3.05, 3.63) is 42.1 Å². The van der Waals surface area contributed by atoms with Gasteiger partial charge >= 0.3 is 0 Å². The lowest BCUT2D eigenvalue weighted by atomic mass is 10.2. The van der Waals surface area contributed by atoms with Crippen LogP contribution in [0.2, 0.25) is 0 Å². The van der Waals surface area contributed by atoms with Gasteiger partial charge in [-0.15, -0.1) is 11.8 Å². The molecule has 0 saturated heterocycles. The van der Waals surface area contributed by atoms with Crippen molar-refractivity contribution in [3.8, 4) is 0 Å². The quantitative estimate of drug-likeness (QED) is 0.839. The van der Waals surface area contributed by atoms with Crippen LogP contribution < -0.4 is 5.32 Å². The van der Waals surface area contributed by atoms with E-state index in [1.807, 2.05) is 4.68 Å². The Balaban J connectivity index is 1.58. The monoisotopic (exact) mass is 337 g/mol. The van der Waals surface area contributed by atoms with Gasteiger partial charge < -0.3 is 5.32 Å². The summed E-state index contributed by atoms with van der Waals surface area (Å²) in [6.07, 6.45) is 6.16. The summed E-state index contributed by atoms with van der Waals surface area (Å²) < 4.78 is 28.2. The third-order valence-corrected chi connectivity index (χ3v) is 4.91. The molecule has 4 nitrogen and oxygen atoms in total. The van der Waals surface area contributed by atoms with E-state index in [1.165, 1.54) is 25.0 Å². The van der Waals surface area contributed by atoms with E-state index in [1.54, 1.807) is 12.3 Å². The van der Waals surface area contributed by atoms with Gasteiger partial charge in [0, 0.05) is 17.0 Å². The van der Waals surface area contributed by atoms with Crippen molar-refractivity contribution in [2.45, 2.75) is 36.6 Å². The average molecular weight is 337 g/mol. The van der Waals surface area contributed by atoms with Crippen LogP contribution in [0.3, 0.4) is 0 Å². The molecule has 1 fully saturated rings. The highest BCUT2D eigenvalue weighted by Gasteiger charge is 2.20. The molecule has 1 aromatic heterocycles. The molecule has 0 atom stereocenters. The molecule has 0 unspecified atom stereocenters. The summed E-state index contributed by atoms with van der Waals surface area (Å²) in [7, 11) is 0. The van der Waals surface area contributed by atoms with Crippen molar-refractivity contribution < 1.29 is 13.6 Å². The van der Waals surface area contributed by atoms with E-state index in [2.05, 4.69) is 10.4 Å². The molecule has 1 heterocycles. The highest BCUT2D eigenvalue weighted by molar-refractivity contribution is 8.00. The highest BCUT2D eigenvalue weighted by atomic mass is 32.2. The van der Waals surface area contributed by atoms with E-state index in [9.17, 15) is 13.6 Å². The first-order valence-electron chi connectivity index (χ1n) is 7.54. The maximum absolute atomic E-state index is 13.5. The lowest BCUT2D eigenvalue weighted by Crippen LogP contribution is -2.19. The molecule has 0 radical (unpaired) electrons. The van der Waals surface area contributed by atoms with Crippen molar-refractivity contribution in [1.29, 1.82) is 0 Å². The van der Waals surface area contributed by atoms with Gasteiger partial charge in [-0.25, -0.2) is 13.5 Å². The van der Waals surface area contributed by atoms with Gasteiger partial charge in [0.05, 0.1) is 18.0 Å². The number of rotatable bonds is 5. The van der Waals surface area contributed by atoms with Crippen molar-refractivity contribution in [2.75, 3.05) is 11.1 Å². The lowest BCUT2D eigenvalue weighted by molar-refractivity contribution is -0.113. The van der Waals surface area contributed by atoms with Crippen molar-refractivity contribution in [2.24, 2.45) is 0 Å². The molecular weight excluding hydrogens is 320 g/mol. The van der Waals surface area contributed by atoms with Crippen LogP contribution in [0.5, 0.6) is 0 Å². The summed E-state index contributed by atoms with van der Waals surface area (Å²) in [5.74, 6) is -0.797. The number of nitrogens with zero attached hydrogens (tertiary/aromatic N) is 2. The predicted molar refractivity (Wildman–Crippen MR) is 85.4 cm³/mol. The van der Waals surface area contributed by atoms with Gasteiger partial charge in [0.25, 0.3) is 0 Å². The maximum atomic E-state index is 13.5. The Bertz CT molecular complexity index is 698. The molecule has 122 valence electrons. The van der Waals surface area contributed by atoms with Crippen LogP contribution in [0.25, 0.3) is 0 Å². The first-order valence-corrected chi connectivity index (χ1v) is 8.53. The zero-order chi connectivity index (χ0) is 16.2. The van der Waals surface area contributed by atoms with Gasteiger partial charge in [-0.05, 0) is 25.0 Å². The van der Waals surface area contributed by atoms with Crippen LogP contribution in [-0.2, 0) is 4.79 Å². The molecule has 23 heavy (non-hydrogen) atoms. The lowest BCUT2D eigenvalue weighted by Gasteiger charge is -2.14. The first kappa shape index (κ1) is 16.0. The SMILES string of the molecule is O=C(CSc1ccc(F)cc1F)Nc1ccnn1C1CCCC1. The van der Waals surface area contributed by atoms with Crippen LogP contribution in [0.15, 0.2) is 35.4 Å². The summed E-state index contributed by atoms with van der Waals surface area (Å²) in [4.78, 5) is 12.3. The number of aromatic nitrogens is 2. The fourth-order valence-electron chi connectivity index (χ4n) is 2.77. The van der Waals surface area contributed by atoms with Crippen LogP contribution in [-0.4, -0.2) is 21.4 Å². The second-order valence-corrected chi connectivity index (χ2v) is 6.53. The molecule has 0 aliphatic heterocycles. The standard InChI is InChI=1S/C16H17F2N3OS/c17-11-5-6-14(13(18)9-11)23-10-16(22)20-15-7-8-19-21(15)12-3-1-2-4-12/h5-9,12H,1-4,10H2,(H,20,22). The Hall–Kier alpha value is -1.89. The molecule has 0 spiro atoms. The first-order chi connectivity index (χ1) is 11.1. The molecular formula is C16H17F2N3OS. The number of benzene rings is 1.